The Morgan fingerprint density at radius 1 is 0.529 bits per heavy atom. The molecule has 0 aromatic rings. The van der Waals surface area contributed by atoms with E-state index in [1.54, 1.807) is 0 Å². The van der Waals surface area contributed by atoms with Crippen molar-refractivity contribution in [3.8, 4) is 0 Å². The maximum atomic E-state index is 12.2. The summed E-state index contributed by atoms with van der Waals surface area (Å²) in [5.74, 6) is 0.350. The van der Waals surface area contributed by atoms with E-state index < -0.39 is 0 Å². The van der Waals surface area contributed by atoms with Crippen LogP contribution in [0.1, 0.15) is 90.9 Å². The summed E-state index contributed by atoms with van der Waals surface area (Å²) in [6, 6.07) is 0. The lowest BCUT2D eigenvalue weighted by Crippen LogP contribution is -3.00. The summed E-state index contributed by atoms with van der Waals surface area (Å²) in [6.45, 7) is 9.20. The number of amides is 2. The van der Waals surface area contributed by atoms with Gasteiger partial charge in [-0.1, -0.05) is 52.4 Å². The Balaban J connectivity index is -0.00000480. The van der Waals surface area contributed by atoms with Crippen molar-refractivity contribution in [2.75, 3.05) is 67.5 Å². The molecule has 0 saturated heterocycles. The van der Waals surface area contributed by atoms with Crippen LogP contribution < -0.4 is 44.6 Å². The molecule has 0 spiro atoms. The van der Waals surface area contributed by atoms with Crippen LogP contribution in [0.25, 0.3) is 0 Å². The first-order valence-electron chi connectivity index (χ1n) is 13.3. The van der Waals surface area contributed by atoms with Crippen molar-refractivity contribution >= 4 is 11.8 Å². The average molecular weight is 617 g/mol. The van der Waals surface area contributed by atoms with Gasteiger partial charge in [-0.2, -0.15) is 0 Å². The molecule has 206 valence electrons. The fourth-order valence-electron chi connectivity index (χ4n) is 4.04. The Morgan fingerprint density at radius 3 is 1.18 bits per heavy atom. The first kappa shape index (κ1) is 38.4. The topological polar surface area (TPSA) is 58.2 Å². The number of halogens is 2. The zero-order valence-corrected chi connectivity index (χ0v) is 26.4. The number of carbonyl (C=O) groups excluding carboxylic acids is 2. The van der Waals surface area contributed by atoms with Gasteiger partial charge in [0.1, 0.15) is 0 Å². The lowest BCUT2D eigenvalue weighted by Gasteiger charge is -2.30. The number of rotatable bonds is 21. The van der Waals surface area contributed by atoms with Gasteiger partial charge in [0.15, 0.2) is 13.1 Å². The summed E-state index contributed by atoms with van der Waals surface area (Å²) in [4.78, 5) is 24.4. The number of nitrogens with zero attached hydrogens (tertiary/aromatic N) is 2. The number of quaternary nitrogens is 2. The third kappa shape index (κ3) is 24.9. The van der Waals surface area contributed by atoms with Crippen LogP contribution in [0.15, 0.2) is 0 Å². The molecule has 0 radical (unpaired) electrons. The lowest BCUT2D eigenvalue weighted by atomic mass is 10.1. The number of hydrogen-bond donors (Lipinski definition) is 2. The zero-order valence-electron chi connectivity index (χ0n) is 23.2. The van der Waals surface area contributed by atoms with Gasteiger partial charge in [0, 0.05) is 13.1 Å². The fraction of sp³-hybridized carbons (Fsp3) is 0.923. The van der Waals surface area contributed by atoms with Crippen LogP contribution in [0.2, 0.25) is 0 Å². The SMILES string of the molecule is CCCCCCNC(=O)C[N+](C)(C)CCCCCC[N+](C)(C)CC(=O)NCCCCCC.[Br-].[Br-]. The monoisotopic (exact) mass is 614 g/mol. The Morgan fingerprint density at radius 2 is 0.853 bits per heavy atom. The van der Waals surface area contributed by atoms with Crippen molar-refractivity contribution in [3.63, 3.8) is 0 Å². The van der Waals surface area contributed by atoms with E-state index in [1.807, 2.05) is 0 Å². The summed E-state index contributed by atoms with van der Waals surface area (Å²) in [5, 5.41) is 6.15. The minimum absolute atomic E-state index is 0. The Labute approximate surface area is 232 Å². The van der Waals surface area contributed by atoms with Gasteiger partial charge in [-0.25, -0.2) is 0 Å². The van der Waals surface area contributed by atoms with Crippen LogP contribution in [-0.4, -0.2) is 88.2 Å². The van der Waals surface area contributed by atoms with Crippen LogP contribution >= 0.6 is 0 Å². The van der Waals surface area contributed by atoms with E-state index in [0.29, 0.717) is 13.1 Å². The van der Waals surface area contributed by atoms with Crippen LogP contribution in [0.5, 0.6) is 0 Å². The molecule has 0 saturated carbocycles. The second-order valence-electron chi connectivity index (χ2n) is 10.9. The highest BCUT2D eigenvalue weighted by molar-refractivity contribution is 5.77. The fourth-order valence-corrected chi connectivity index (χ4v) is 4.04. The standard InChI is InChI=1S/C26H54N4O2.2BrH/c1-7-9-11-15-19-27-25(31)23-29(3,4)21-17-13-14-18-22-30(5,6)24-26(32)28-20-16-12-10-8-2;;/h7-24H2,1-6H3;2*1H. The van der Waals surface area contributed by atoms with Crippen molar-refractivity contribution in [2.24, 2.45) is 0 Å². The number of nitrogens with one attached hydrogen (secondary N) is 2. The number of hydrogen-bond acceptors (Lipinski definition) is 2. The van der Waals surface area contributed by atoms with Gasteiger partial charge in [0.2, 0.25) is 0 Å². The van der Waals surface area contributed by atoms with Gasteiger partial charge in [0.05, 0.1) is 41.3 Å². The predicted octanol–water partition coefficient (Wildman–Crippen LogP) is -1.90. The summed E-state index contributed by atoms with van der Waals surface area (Å²) < 4.78 is 1.50. The predicted molar refractivity (Wildman–Crippen MR) is 136 cm³/mol. The first-order chi connectivity index (χ1) is 15.1. The van der Waals surface area contributed by atoms with Crippen molar-refractivity contribution < 1.29 is 52.5 Å². The van der Waals surface area contributed by atoms with Gasteiger partial charge in [0.25, 0.3) is 11.8 Å². The van der Waals surface area contributed by atoms with E-state index >= 15 is 0 Å². The summed E-state index contributed by atoms with van der Waals surface area (Å²) in [5.41, 5.74) is 0. The molecule has 0 aromatic carbocycles. The normalized spacial score (nSPS) is 11.4. The third-order valence-corrected chi connectivity index (χ3v) is 6.13. The van der Waals surface area contributed by atoms with E-state index in [-0.39, 0.29) is 45.8 Å². The molecule has 0 bridgehead atoms. The summed E-state index contributed by atoms with van der Waals surface area (Å²) >= 11 is 0. The van der Waals surface area contributed by atoms with Gasteiger partial charge in [-0.3, -0.25) is 9.59 Å². The second-order valence-corrected chi connectivity index (χ2v) is 10.9. The Hall–Kier alpha value is -0.180. The summed E-state index contributed by atoms with van der Waals surface area (Å²) in [7, 11) is 8.60. The number of likely N-dealkylation sites (N-methyl/N-ethyl adjacent to an activating group) is 2. The van der Waals surface area contributed by atoms with Crippen LogP contribution in [0.3, 0.4) is 0 Å². The molecule has 0 heterocycles. The molecule has 0 rings (SSSR count). The number of unbranched alkanes of at least 4 members (excludes halogenated alkanes) is 9. The second kappa shape index (κ2) is 23.2. The zero-order chi connectivity index (χ0) is 24.3. The van der Waals surface area contributed by atoms with Gasteiger partial charge >= 0.3 is 0 Å². The van der Waals surface area contributed by atoms with Crippen LogP contribution in [0.4, 0.5) is 0 Å². The molecule has 0 unspecified atom stereocenters. The largest absolute Gasteiger partial charge is 1.00 e. The molecule has 8 heteroatoms. The van der Waals surface area contributed by atoms with E-state index in [2.05, 4.69) is 52.7 Å². The average Bonchev–Trinajstić information content (AvgIpc) is 2.69. The summed E-state index contributed by atoms with van der Waals surface area (Å²) in [6.07, 6.45) is 14.2. The van der Waals surface area contributed by atoms with Gasteiger partial charge < -0.3 is 53.6 Å². The van der Waals surface area contributed by atoms with E-state index in [4.69, 9.17) is 0 Å². The maximum Gasteiger partial charge on any atom is 0.275 e. The van der Waals surface area contributed by atoms with Crippen molar-refractivity contribution in [1.29, 1.82) is 0 Å². The Bertz CT molecular complexity index is 459. The first-order valence-corrected chi connectivity index (χ1v) is 13.3. The lowest BCUT2D eigenvalue weighted by molar-refractivity contribution is -0.883. The molecular formula is C26H56Br2N4O2. The van der Waals surface area contributed by atoms with Gasteiger partial charge in [-0.05, 0) is 38.5 Å². The highest BCUT2D eigenvalue weighted by atomic mass is 79.9. The van der Waals surface area contributed by atoms with E-state index in [0.717, 1.165) is 60.8 Å². The minimum Gasteiger partial charge on any atom is -1.00 e. The van der Waals surface area contributed by atoms with Crippen LogP contribution in [-0.2, 0) is 9.59 Å². The minimum atomic E-state index is 0. The maximum absolute atomic E-state index is 12.2. The molecule has 0 aliphatic rings. The van der Waals surface area contributed by atoms with Crippen molar-refractivity contribution in [2.45, 2.75) is 90.9 Å². The van der Waals surface area contributed by atoms with Gasteiger partial charge in [-0.15, -0.1) is 0 Å². The molecule has 0 fully saturated rings. The number of carbonyl (C=O) groups is 2. The van der Waals surface area contributed by atoms with E-state index in [1.165, 1.54) is 51.4 Å². The third-order valence-electron chi connectivity index (χ3n) is 6.13. The molecule has 6 nitrogen and oxygen atoms in total. The van der Waals surface area contributed by atoms with Crippen LogP contribution in [0, 0.1) is 0 Å². The molecule has 0 aliphatic carbocycles. The molecule has 0 atom stereocenters. The van der Waals surface area contributed by atoms with Crippen molar-refractivity contribution in [1.82, 2.24) is 10.6 Å². The highest BCUT2D eigenvalue weighted by Gasteiger charge is 2.21. The van der Waals surface area contributed by atoms with Crippen molar-refractivity contribution in [3.05, 3.63) is 0 Å². The highest BCUT2D eigenvalue weighted by Crippen LogP contribution is 2.08. The molecule has 0 aliphatic heterocycles. The smallest absolute Gasteiger partial charge is 0.275 e. The Kier molecular flexibility index (Phi) is 26.2. The molecular weight excluding hydrogens is 560 g/mol. The quantitative estimate of drug-likeness (QED) is 0.117. The molecule has 2 N–H and O–H groups in total. The van der Waals surface area contributed by atoms with E-state index in [9.17, 15) is 9.59 Å². The molecule has 2 amide bonds. The molecule has 34 heavy (non-hydrogen) atoms. The molecule has 0 aromatic heterocycles.